The molecule has 0 radical (unpaired) electrons. The Kier molecular flexibility index (Phi) is 4.42. The third-order valence-corrected chi connectivity index (χ3v) is 3.25. The van der Waals surface area contributed by atoms with Crippen LogP contribution in [0.1, 0.15) is 53.4 Å². The molecule has 0 aliphatic heterocycles. The first kappa shape index (κ1) is 14.3. The van der Waals surface area contributed by atoms with Crippen molar-refractivity contribution in [1.82, 2.24) is 5.32 Å². The van der Waals surface area contributed by atoms with E-state index in [0.717, 1.165) is 31.6 Å². The summed E-state index contributed by atoms with van der Waals surface area (Å²) in [6.07, 6.45) is 3.83. The topological polar surface area (TPSA) is 70.6 Å². The lowest BCUT2D eigenvalue weighted by atomic mass is 9.80. The van der Waals surface area contributed by atoms with E-state index in [4.69, 9.17) is 5.73 Å². The van der Waals surface area contributed by atoms with Crippen LogP contribution in [0.2, 0.25) is 0 Å². The molecule has 100 valence electrons. The summed E-state index contributed by atoms with van der Waals surface area (Å²) < 4.78 is 0. The molecule has 1 rings (SSSR count). The molecule has 0 amide bonds. The number of hydrogen-bond acceptors (Lipinski definition) is 2. The Morgan fingerprint density at radius 1 is 1.41 bits per heavy atom. The molecule has 0 spiro atoms. The van der Waals surface area contributed by atoms with Crippen LogP contribution in [0.15, 0.2) is 4.99 Å². The van der Waals surface area contributed by atoms with Gasteiger partial charge in [0.2, 0.25) is 0 Å². The Morgan fingerprint density at radius 3 is 2.41 bits per heavy atom. The fourth-order valence-corrected chi connectivity index (χ4v) is 2.11. The van der Waals surface area contributed by atoms with Gasteiger partial charge >= 0.3 is 0 Å². The molecule has 1 saturated carbocycles. The van der Waals surface area contributed by atoms with Crippen molar-refractivity contribution in [3.63, 3.8) is 0 Å². The second-order valence-corrected chi connectivity index (χ2v) is 6.48. The fraction of sp³-hybridized carbons (Fsp3) is 0.923. The van der Waals surface area contributed by atoms with E-state index in [0.29, 0.717) is 12.5 Å². The van der Waals surface area contributed by atoms with Crippen molar-refractivity contribution >= 4 is 5.96 Å². The third-order valence-electron chi connectivity index (χ3n) is 3.25. The Labute approximate surface area is 105 Å². The van der Waals surface area contributed by atoms with E-state index < -0.39 is 5.60 Å². The molecular weight excluding hydrogens is 214 g/mol. The summed E-state index contributed by atoms with van der Waals surface area (Å²) in [5, 5.41) is 13.4. The molecule has 0 unspecified atom stereocenters. The molecule has 1 aliphatic carbocycles. The van der Waals surface area contributed by atoms with Crippen LogP contribution in [-0.4, -0.2) is 28.8 Å². The number of nitrogens with zero attached hydrogens (tertiary/aromatic N) is 1. The van der Waals surface area contributed by atoms with Crippen LogP contribution in [0.3, 0.4) is 0 Å². The van der Waals surface area contributed by atoms with Crippen LogP contribution in [0, 0.1) is 5.92 Å². The molecule has 0 heterocycles. The molecule has 17 heavy (non-hydrogen) atoms. The highest BCUT2D eigenvalue weighted by Gasteiger charge is 2.31. The van der Waals surface area contributed by atoms with Crippen LogP contribution in [0.25, 0.3) is 0 Å². The highest BCUT2D eigenvalue weighted by Crippen LogP contribution is 2.31. The van der Waals surface area contributed by atoms with E-state index in [1.54, 1.807) is 0 Å². The molecule has 0 bridgehead atoms. The van der Waals surface area contributed by atoms with Gasteiger partial charge in [0.05, 0.1) is 12.1 Å². The van der Waals surface area contributed by atoms with Crippen LogP contribution in [0.5, 0.6) is 0 Å². The van der Waals surface area contributed by atoms with Gasteiger partial charge in [-0.15, -0.1) is 0 Å². The molecule has 0 aromatic heterocycles. The molecular formula is C13H27N3O. The van der Waals surface area contributed by atoms with Gasteiger partial charge in [-0.05, 0) is 52.4 Å². The van der Waals surface area contributed by atoms with Crippen LogP contribution < -0.4 is 11.1 Å². The predicted octanol–water partition coefficient (Wildman–Crippen LogP) is 1.63. The molecule has 4 heteroatoms. The molecule has 1 fully saturated rings. The zero-order valence-electron chi connectivity index (χ0n) is 11.6. The zero-order valence-corrected chi connectivity index (χ0v) is 11.6. The van der Waals surface area contributed by atoms with E-state index in [2.05, 4.69) is 17.2 Å². The summed E-state index contributed by atoms with van der Waals surface area (Å²) in [5.41, 5.74) is 5.06. The second-order valence-electron chi connectivity index (χ2n) is 6.48. The average molecular weight is 241 g/mol. The maximum absolute atomic E-state index is 10.3. The number of rotatable bonds is 2. The van der Waals surface area contributed by atoms with Crippen molar-refractivity contribution in [3.05, 3.63) is 0 Å². The summed E-state index contributed by atoms with van der Waals surface area (Å²) >= 11 is 0. The summed E-state index contributed by atoms with van der Waals surface area (Å²) in [6.45, 7) is 8.75. The Balaban J connectivity index is 2.46. The van der Waals surface area contributed by atoms with Crippen LogP contribution >= 0.6 is 0 Å². The summed E-state index contributed by atoms with van der Waals surface area (Å²) in [6, 6.07) is 0. The molecule has 4 N–H and O–H groups in total. The van der Waals surface area contributed by atoms with Gasteiger partial charge in [0.15, 0.2) is 5.96 Å². The summed E-state index contributed by atoms with van der Waals surface area (Å²) in [4.78, 5) is 4.26. The van der Waals surface area contributed by atoms with E-state index >= 15 is 0 Å². The van der Waals surface area contributed by atoms with Gasteiger partial charge in [-0.3, -0.25) is 4.99 Å². The maximum atomic E-state index is 10.3. The van der Waals surface area contributed by atoms with E-state index in [9.17, 15) is 5.11 Å². The molecule has 0 saturated heterocycles. The monoisotopic (exact) mass is 241 g/mol. The van der Waals surface area contributed by atoms with Crippen molar-refractivity contribution in [3.8, 4) is 0 Å². The lowest BCUT2D eigenvalue weighted by Gasteiger charge is -2.33. The first-order valence-electron chi connectivity index (χ1n) is 6.51. The lowest BCUT2D eigenvalue weighted by molar-refractivity contribution is 0.00164. The van der Waals surface area contributed by atoms with Crippen molar-refractivity contribution in [2.24, 2.45) is 16.6 Å². The largest absolute Gasteiger partial charge is 0.388 e. The minimum absolute atomic E-state index is 0.0860. The third kappa shape index (κ3) is 5.39. The number of aliphatic imine (C=N–C) groups is 1. The highest BCUT2D eigenvalue weighted by molar-refractivity contribution is 5.78. The SMILES string of the molecule is CC1CCC(O)(CN=C(N)NC(C)(C)C)CC1. The first-order chi connectivity index (χ1) is 7.70. The number of guanidine groups is 1. The van der Waals surface area contributed by atoms with Gasteiger partial charge in [0.25, 0.3) is 0 Å². The highest BCUT2D eigenvalue weighted by atomic mass is 16.3. The van der Waals surface area contributed by atoms with E-state index in [1.165, 1.54) is 0 Å². The normalized spacial score (nSPS) is 31.4. The van der Waals surface area contributed by atoms with Crippen molar-refractivity contribution in [2.75, 3.05) is 6.54 Å². The standard InChI is InChI=1S/C13H27N3O/c1-10-5-7-13(17,8-6-10)9-15-11(14)16-12(2,3)4/h10,17H,5-9H2,1-4H3,(H3,14,15,16). The number of nitrogens with one attached hydrogen (secondary N) is 1. The molecule has 0 aromatic rings. The Bertz CT molecular complexity index is 273. The molecule has 4 nitrogen and oxygen atoms in total. The number of aliphatic hydroxyl groups is 1. The zero-order chi connectivity index (χ0) is 13.1. The summed E-state index contributed by atoms with van der Waals surface area (Å²) in [5.74, 6) is 1.15. The lowest BCUT2D eigenvalue weighted by Crippen LogP contribution is -2.46. The minimum Gasteiger partial charge on any atom is -0.388 e. The fourth-order valence-electron chi connectivity index (χ4n) is 2.11. The van der Waals surface area contributed by atoms with Crippen LogP contribution in [0.4, 0.5) is 0 Å². The quantitative estimate of drug-likeness (QED) is 0.508. The van der Waals surface area contributed by atoms with Gasteiger partial charge in [-0.1, -0.05) is 6.92 Å². The number of hydrogen-bond donors (Lipinski definition) is 3. The van der Waals surface area contributed by atoms with E-state index in [-0.39, 0.29) is 5.54 Å². The number of nitrogens with two attached hydrogens (primary N) is 1. The van der Waals surface area contributed by atoms with Gasteiger partial charge in [0.1, 0.15) is 0 Å². The second kappa shape index (κ2) is 5.25. The molecule has 0 aromatic carbocycles. The smallest absolute Gasteiger partial charge is 0.189 e. The molecule has 1 aliphatic rings. The van der Waals surface area contributed by atoms with E-state index in [1.807, 2.05) is 20.8 Å². The molecule has 0 atom stereocenters. The van der Waals surface area contributed by atoms with Gasteiger partial charge in [-0.25, -0.2) is 0 Å². The predicted molar refractivity (Wildman–Crippen MR) is 72.0 cm³/mol. The van der Waals surface area contributed by atoms with Crippen molar-refractivity contribution < 1.29 is 5.11 Å². The minimum atomic E-state index is -0.642. The maximum Gasteiger partial charge on any atom is 0.189 e. The Morgan fingerprint density at radius 2 is 1.94 bits per heavy atom. The average Bonchev–Trinajstić information content (AvgIpc) is 2.18. The van der Waals surface area contributed by atoms with Crippen LogP contribution in [-0.2, 0) is 0 Å². The first-order valence-corrected chi connectivity index (χ1v) is 6.51. The Hall–Kier alpha value is -0.770. The van der Waals surface area contributed by atoms with Crippen molar-refractivity contribution in [2.45, 2.75) is 64.5 Å². The van der Waals surface area contributed by atoms with Gasteiger partial charge in [-0.2, -0.15) is 0 Å². The van der Waals surface area contributed by atoms with Gasteiger partial charge < -0.3 is 16.2 Å². The van der Waals surface area contributed by atoms with Gasteiger partial charge in [0, 0.05) is 5.54 Å². The van der Waals surface area contributed by atoms with Crippen molar-refractivity contribution in [1.29, 1.82) is 0 Å². The summed E-state index contributed by atoms with van der Waals surface area (Å²) in [7, 11) is 0.